The first-order valence-corrected chi connectivity index (χ1v) is 5.37. The third-order valence-electron chi connectivity index (χ3n) is 2.26. The number of carbonyl (C=O) groups is 1. The molecule has 0 spiro atoms. The lowest BCUT2D eigenvalue weighted by Crippen LogP contribution is -2.45. The van der Waals surface area contributed by atoms with E-state index in [1.54, 1.807) is 0 Å². The Hall–Kier alpha value is -1.36. The number of aromatic nitrogens is 1. The Bertz CT molecular complexity index is 377. The van der Waals surface area contributed by atoms with Crippen LogP contribution in [0.3, 0.4) is 0 Å². The number of rotatable bonds is 4. The van der Waals surface area contributed by atoms with E-state index in [9.17, 15) is 4.79 Å². The highest BCUT2D eigenvalue weighted by atomic mass is 16.5. The first kappa shape index (κ1) is 12.7. The molecule has 0 aliphatic carbocycles. The molecule has 0 aliphatic heterocycles. The molecule has 0 fully saturated rings. The average molecular weight is 225 g/mol. The third kappa shape index (κ3) is 3.06. The molecular formula is C11H19N3O2. The maximum Gasteiger partial charge on any atom is 0.273 e. The molecule has 1 rings (SSSR count). The van der Waals surface area contributed by atoms with Crippen LogP contribution in [-0.4, -0.2) is 23.1 Å². The van der Waals surface area contributed by atoms with Crippen molar-refractivity contribution in [2.24, 2.45) is 5.73 Å². The van der Waals surface area contributed by atoms with E-state index in [0.29, 0.717) is 12.2 Å². The van der Waals surface area contributed by atoms with Crippen LogP contribution in [0.1, 0.15) is 42.6 Å². The van der Waals surface area contributed by atoms with E-state index in [2.05, 4.69) is 10.5 Å². The highest BCUT2D eigenvalue weighted by molar-refractivity contribution is 5.93. The molecule has 0 saturated carbocycles. The van der Waals surface area contributed by atoms with Crippen LogP contribution in [0, 0.1) is 6.92 Å². The summed E-state index contributed by atoms with van der Waals surface area (Å²) in [5.74, 6) is 0.511. The minimum Gasteiger partial charge on any atom is -0.360 e. The Morgan fingerprint density at radius 2 is 2.19 bits per heavy atom. The quantitative estimate of drug-likeness (QED) is 0.801. The van der Waals surface area contributed by atoms with Crippen molar-refractivity contribution >= 4 is 5.91 Å². The van der Waals surface area contributed by atoms with Gasteiger partial charge in [0.05, 0.1) is 0 Å². The summed E-state index contributed by atoms with van der Waals surface area (Å²) in [5, 5.41) is 6.49. The van der Waals surface area contributed by atoms with Gasteiger partial charge in [-0.3, -0.25) is 4.79 Å². The lowest BCUT2D eigenvalue weighted by molar-refractivity contribution is 0.0936. The summed E-state index contributed by atoms with van der Waals surface area (Å²) in [6, 6.07) is 0. The van der Waals surface area contributed by atoms with Gasteiger partial charge in [0, 0.05) is 24.1 Å². The van der Waals surface area contributed by atoms with Crippen molar-refractivity contribution in [1.82, 2.24) is 10.5 Å². The molecule has 5 heteroatoms. The molecule has 0 aliphatic rings. The summed E-state index contributed by atoms with van der Waals surface area (Å²) < 4.78 is 5.06. The van der Waals surface area contributed by atoms with Gasteiger partial charge in [0.15, 0.2) is 5.69 Å². The monoisotopic (exact) mass is 225 g/mol. The summed E-state index contributed by atoms with van der Waals surface area (Å²) in [6.45, 7) is 7.89. The van der Waals surface area contributed by atoms with Gasteiger partial charge in [-0.25, -0.2) is 0 Å². The molecule has 0 radical (unpaired) electrons. The summed E-state index contributed by atoms with van der Waals surface area (Å²) in [7, 11) is 0. The fourth-order valence-corrected chi connectivity index (χ4v) is 1.30. The molecule has 0 bridgehead atoms. The van der Waals surface area contributed by atoms with Crippen molar-refractivity contribution in [3.8, 4) is 0 Å². The van der Waals surface area contributed by atoms with Crippen molar-refractivity contribution in [2.45, 2.75) is 39.7 Å². The lowest BCUT2D eigenvalue weighted by atomic mass is 10.1. The Morgan fingerprint density at radius 3 is 2.62 bits per heavy atom. The molecule has 0 atom stereocenters. The predicted octanol–water partition coefficient (Wildman–Crippen LogP) is 1.01. The fraction of sp³-hybridized carbons (Fsp3) is 0.636. The van der Waals surface area contributed by atoms with E-state index in [1.165, 1.54) is 0 Å². The molecule has 3 N–H and O–H groups in total. The summed E-state index contributed by atoms with van der Waals surface area (Å²) >= 11 is 0. The average Bonchev–Trinajstić information content (AvgIpc) is 2.55. The van der Waals surface area contributed by atoms with Crippen LogP contribution in [0.15, 0.2) is 4.52 Å². The summed E-state index contributed by atoms with van der Waals surface area (Å²) in [5.41, 5.74) is 6.49. The second-order valence-electron chi connectivity index (χ2n) is 4.60. The van der Waals surface area contributed by atoms with E-state index in [4.69, 9.17) is 10.3 Å². The first-order valence-electron chi connectivity index (χ1n) is 5.37. The van der Waals surface area contributed by atoms with Crippen LogP contribution in [0.5, 0.6) is 0 Å². The van der Waals surface area contributed by atoms with Gasteiger partial charge in [-0.2, -0.15) is 0 Å². The van der Waals surface area contributed by atoms with Crippen molar-refractivity contribution in [1.29, 1.82) is 0 Å². The van der Waals surface area contributed by atoms with Crippen LogP contribution < -0.4 is 11.1 Å². The van der Waals surface area contributed by atoms with E-state index in [1.807, 2.05) is 27.7 Å². The number of amides is 1. The molecular weight excluding hydrogens is 206 g/mol. The summed E-state index contributed by atoms with van der Waals surface area (Å²) in [4.78, 5) is 11.8. The van der Waals surface area contributed by atoms with Gasteiger partial charge >= 0.3 is 0 Å². The van der Waals surface area contributed by atoms with Crippen molar-refractivity contribution in [3.63, 3.8) is 0 Å². The molecule has 90 valence electrons. The Balaban J connectivity index is 2.70. The van der Waals surface area contributed by atoms with Gasteiger partial charge in [-0.15, -0.1) is 0 Å². The topological polar surface area (TPSA) is 81.2 Å². The standard InChI is InChI=1S/C11H19N3O2/c1-5-8-7(2)9(14-16-8)10(15)13-6-11(3,4)12/h5-6,12H2,1-4H3,(H,13,15). The maximum absolute atomic E-state index is 11.8. The van der Waals surface area contributed by atoms with Crippen LogP contribution in [0.2, 0.25) is 0 Å². The second-order valence-corrected chi connectivity index (χ2v) is 4.60. The number of aryl methyl sites for hydroxylation is 1. The lowest BCUT2D eigenvalue weighted by Gasteiger charge is -2.18. The maximum atomic E-state index is 11.8. The van der Waals surface area contributed by atoms with Crippen molar-refractivity contribution in [3.05, 3.63) is 17.0 Å². The highest BCUT2D eigenvalue weighted by Gasteiger charge is 2.19. The van der Waals surface area contributed by atoms with Crippen molar-refractivity contribution < 1.29 is 9.32 Å². The predicted molar refractivity (Wildman–Crippen MR) is 61.2 cm³/mol. The normalized spacial score (nSPS) is 11.6. The molecule has 0 saturated heterocycles. The molecule has 1 aromatic rings. The largest absolute Gasteiger partial charge is 0.360 e. The number of nitrogens with zero attached hydrogens (tertiary/aromatic N) is 1. The van der Waals surface area contributed by atoms with E-state index >= 15 is 0 Å². The van der Waals surface area contributed by atoms with E-state index < -0.39 is 5.54 Å². The van der Waals surface area contributed by atoms with Gasteiger partial charge < -0.3 is 15.6 Å². The Morgan fingerprint density at radius 1 is 1.56 bits per heavy atom. The fourth-order valence-electron chi connectivity index (χ4n) is 1.30. The van der Waals surface area contributed by atoms with Crippen LogP contribution in [0.25, 0.3) is 0 Å². The zero-order valence-corrected chi connectivity index (χ0v) is 10.3. The summed E-state index contributed by atoms with van der Waals surface area (Å²) in [6.07, 6.45) is 0.731. The van der Waals surface area contributed by atoms with Crippen LogP contribution >= 0.6 is 0 Å². The van der Waals surface area contributed by atoms with Crippen LogP contribution in [0.4, 0.5) is 0 Å². The van der Waals surface area contributed by atoms with E-state index in [0.717, 1.165) is 17.7 Å². The Kier molecular flexibility index (Phi) is 3.70. The molecule has 5 nitrogen and oxygen atoms in total. The number of hydrogen-bond acceptors (Lipinski definition) is 4. The number of nitrogens with two attached hydrogens (primary N) is 1. The molecule has 1 amide bonds. The number of nitrogens with one attached hydrogen (secondary N) is 1. The first-order chi connectivity index (χ1) is 7.35. The van der Waals surface area contributed by atoms with E-state index in [-0.39, 0.29) is 5.91 Å². The van der Waals surface area contributed by atoms with Gasteiger partial charge in [0.2, 0.25) is 0 Å². The SMILES string of the molecule is CCc1onc(C(=O)NCC(C)(C)N)c1C. The minimum atomic E-state index is -0.430. The molecule has 0 aromatic carbocycles. The molecule has 1 heterocycles. The Labute approximate surface area is 95.4 Å². The van der Waals surface area contributed by atoms with Gasteiger partial charge in [-0.1, -0.05) is 12.1 Å². The molecule has 1 aromatic heterocycles. The minimum absolute atomic E-state index is 0.237. The van der Waals surface area contributed by atoms with Crippen LogP contribution in [-0.2, 0) is 6.42 Å². The molecule has 16 heavy (non-hydrogen) atoms. The smallest absolute Gasteiger partial charge is 0.273 e. The number of carbonyl (C=O) groups excluding carboxylic acids is 1. The molecule has 0 unspecified atom stereocenters. The van der Waals surface area contributed by atoms with Gasteiger partial charge in [0.25, 0.3) is 5.91 Å². The number of hydrogen-bond donors (Lipinski definition) is 2. The second kappa shape index (κ2) is 4.65. The third-order valence-corrected chi connectivity index (χ3v) is 2.26. The van der Waals surface area contributed by atoms with Gasteiger partial charge in [-0.05, 0) is 20.8 Å². The zero-order valence-electron chi connectivity index (χ0n) is 10.3. The zero-order chi connectivity index (χ0) is 12.3. The van der Waals surface area contributed by atoms with Crippen molar-refractivity contribution in [2.75, 3.05) is 6.54 Å². The highest BCUT2D eigenvalue weighted by Crippen LogP contribution is 2.13. The van der Waals surface area contributed by atoms with Gasteiger partial charge in [0.1, 0.15) is 5.76 Å².